The zero-order chi connectivity index (χ0) is 38.1. The number of aliphatic hydroxyl groups is 1. The molecule has 3 heterocycles. The quantitative estimate of drug-likeness (QED) is 0.140. The lowest BCUT2D eigenvalue weighted by atomic mass is 9.75. The van der Waals surface area contributed by atoms with Gasteiger partial charge < -0.3 is 35.5 Å². The lowest BCUT2D eigenvalue weighted by molar-refractivity contribution is -0.106. The number of nitrogens with zero attached hydrogens (tertiary/aromatic N) is 1. The Balaban J connectivity index is 0.000000185. The summed E-state index contributed by atoms with van der Waals surface area (Å²) >= 11 is 8.33. The van der Waals surface area contributed by atoms with Gasteiger partial charge in [-0.15, -0.1) is 0 Å². The summed E-state index contributed by atoms with van der Waals surface area (Å²) in [5.74, 6) is -0.0616. The molecule has 13 heteroatoms. The van der Waals surface area contributed by atoms with E-state index in [1.54, 1.807) is 24.3 Å². The van der Waals surface area contributed by atoms with Gasteiger partial charge in [0, 0.05) is 44.3 Å². The number of amidine groups is 1. The minimum Gasteiger partial charge on any atom is -0.396 e. The molecule has 7 rings (SSSR count). The molecule has 6 atom stereocenters. The van der Waals surface area contributed by atoms with E-state index in [0.29, 0.717) is 55.7 Å². The van der Waals surface area contributed by atoms with Gasteiger partial charge in [0.25, 0.3) is 0 Å². The first-order valence-corrected chi connectivity index (χ1v) is 20.4. The molecule has 3 aliphatic heterocycles. The van der Waals surface area contributed by atoms with Crippen molar-refractivity contribution in [3.05, 3.63) is 140 Å². The van der Waals surface area contributed by atoms with E-state index in [4.69, 9.17) is 35.4 Å². The van der Waals surface area contributed by atoms with Gasteiger partial charge in [-0.25, -0.2) is 13.8 Å². The molecule has 0 radical (unpaired) electrons. The van der Waals surface area contributed by atoms with Crippen LogP contribution in [0, 0.1) is 23.5 Å². The number of halogens is 4. The average Bonchev–Trinajstić information content (AvgIpc) is 3.18. The van der Waals surface area contributed by atoms with Crippen molar-refractivity contribution in [3.63, 3.8) is 0 Å². The van der Waals surface area contributed by atoms with Crippen molar-refractivity contribution in [3.8, 4) is 0 Å². The van der Waals surface area contributed by atoms with Gasteiger partial charge in [0.15, 0.2) is 5.17 Å². The van der Waals surface area contributed by atoms with Crippen molar-refractivity contribution in [1.82, 2.24) is 0 Å². The minimum absolute atomic E-state index is 0.0350. The second-order valence-electron chi connectivity index (χ2n) is 13.9. The molecule has 2 saturated heterocycles. The molecule has 0 aromatic heterocycles. The van der Waals surface area contributed by atoms with Crippen molar-refractivity contribution in [2.24, 2.45) is 28.3 Å². The third kappa shape index (κ3) is 9.98. The van der Waals surface area contributed by atoms with E-state index < -0.39 is 16.9 Å². The Morgan fingerprint density at radius 1 is 0.778 bits per heavy atom. The molecule has 0 spiro atoms. The van der Waals surface area contributed by atoms with Gasteiger partial charge in [-0.1, -0.05) is 104 Å². The van der Waals surface area contributed by atoms with Crippen molar-refractivity contribution < 1.29 is 32.8 Å². The Bertz CT molecular complexity index is 1870. The third-order valence-corrected chi connectivity index (χ3v) is 12.2. The average molecular weight is 890 g/mol. The van der Waals surface area contributed by atoms with Gasteiger partial charge in [-0.05, 0) is 60.4 Å². The number of aliphatic hydroxyl groups excluding tert-OH is 1. The van der Waals surface area contributed by atoms with E-state index in [1.165, 1.54) is 23.9 Å². The van der Waals surface area contributed by atoms with Crippen LogP contribution in [0.15, 0.2) is 111 Å². The molecule has 4 aromatic rings. The third-order valence-electron chi connectivity index (χ3n) is 10.2. The van der Waals surface area contributed by atoms with Crippen molar-refractivity contribution >= 4 is 48.8 Å². The van der Waals surface area contributed by atoms with E-state index in [2.05, 4.69) is 31.9 Å². The molecule has 288 valence electrons. The number of rotatable bonds is 11. The van der Waals surface area contributed by atoms with E-state index >= 15 is 0 Å². The number of ether oxygens (including phenoxy) is 4. The van der Waals surface area contributed by atoms with Crippen LogP contribution in [0.2, 0.25) is 0 Å². The van der Waals surface area contributed by atoms with Gasteiger partial charge in [-0.3, -0.25) is 0 Å². The number of hydrogen-bond donors (Lipinski definition) is 3. The van der Waals surface area contributed by atoms with Crippen molar-refractivity contribution in [2.75, 3.05) is 38.8 Å². The van der Waals surface area contributed by atoms with Crippen LogP contribution in [-0.2, 0) is 43.2 Å². The first-order chi connectivity index (χ1) is 26.1. The molecule has 4 aromatic carbocycles. The van der Waals surface area contributed by atoms with Crippen molar-refractivity contribution in [2.45, 2.75) is 49.3 Å². The SMILES string of the molecule is NC1=N[C@@]2(c3cc(Br)ccc3F)CO[C@@H](COCc3ccccc3)C[C@H]2CS1.N[C@@]1(c2cc(Br)ccc2F)CO[C@@H](COCc2ccccc2)C[C@H]1CO. The molecular weight excluding hydrogens is 844 g/mol. The van der Waals surface area contributed by atoms with E-state index in [1.807, 2.05) is 60.7 Å². The monoisotopic (exact) mass is 887 g/mol. The number of aliphatic imine (C=N–C) groups is 1. The molecule has 54 heavy (non-hydrogen) atoms. The summed E-state index contributed by atoms with van der Waals surface area (Å²) in [5, 5.41) is 10.3. The zero-order valence-electron chi connectivity index (χ0n) is 29.7. The maximum Gasteiger partial charge on any atom is 0.154 e. The highest BCUT2D eigenvalue weighted by Crippen LogP contribution is 2.47. The molecule has 5 N–H and O–H groups in total. The lowest BCUT2D eigenvalue weighted by Crippen LogP contribution is -2.55. The maximum atomic E-state index is 14.7. The Morgan fingerprint density at radius 2 is 1.31 bits per heavy atom. The summed E-state index contributed by atoms with van der Waals surface area (Å²) in [6, 6.07) is 29.6. The Labute approximate surface area is 336 Å². The summed E-state index contributed by atoms with van der Waals surface area (Å²) in [6.45, 7) is 2.25. The maximum absolute atomic E-state index is 14.7. The minimum atomic E-state index is -1.07. The van der Waals surface area contributed by atoms with Crippen LogP contribution < -0.4 is 11.5 Å². The number of benzene rings is 4. The summed E-state index contributed by atoms with van der Waals surface area (Å²) in [6.07, 6.45) is 1.05. The molecule has 0 saturated carbocycles. The number of thioether (sulfide) groups is 1. The number of nitrogens with two attached hydrogens (primary N) is 2. The van der Waals surface area contributed by atoms with E-state index in [9.17, 15) is 13.9 Å². The van der Waals surface area contributed by atoms with Crippen LogP contribution in [-0.4, -0.2) is 61.3 Å². The Kier molecular flexibility index (Phi) is 14.4. The summed E-state index contributed by atoms with van der Waals surface area (Å²) in [5.41, 5.74) is 13.8. The topological polar surface area (TPSA) is 122 Å². The highest BCUT2D eigenvalue weighted by Gasteiger charge is 2.49. The van der Waals surface area contributed by atoms with E-state index in [0.717, 1.165) is 32.2 Å². The molecule has 0 unspecified atom stereocenters. The fourth-order valence-corrected chi connectivity index (χ4v) is 8.96. The summed E-state index contributed by atoms with van der Waals surface area (Å²) < 4.78 is 54.2. The largest absolute Gasteiger partial charge is 0.396 e. The predicted octanol–water partition coefficient (Wildman–Crippen LogP) is 7.82. The summed E-state index contributed by atoms with van der Waals surface area (Å²) in [7, 11) is 0. The van der Waals surface area contributed by atoms with Crippen molar-refractivity contribution in [1.29, 1.82) is 0 Å². The molecule has 0 bridgehead atoms. The van der Waals surface area contributed by atoms with Gasteiger partial charge >= 0.3 is 0 Å². The van der Waals surface area contributed by atoms with Crippen LogP contribution in [0.4, 0.5) is 8.78 Å². The number of hydrogen-bond acceptors (Lipinski definition) is 9. The second kappa shape index (κ2) is 18.9. The van der Waals surface area contributed by atoms with Crippen LogP contribution in [0.25, 0.3) is 0 Å². The first-order valence-electron chi connectivity index (χ1n) is 17.8. The molecule has 2 fully saturated rings. The Hall–Kier alpha value is -2.72. The standard InChI is InChI=1S/C21H22BrFN2O2S.C20H23BrFNO3/c22-16-6-7-19(23)18(9-16)21-13-27-17(8-15(21)12-28-20(24)25-21)11-26-10-14-4-2-1-3-5-14;21-16-6-7-19(22)18(9-16)20(23)13-26-17(8-15(20)10-24)12-25-11-14-4-2-1-3-5-14/h1-7,9,15,17H,8,10-13H2,(H2,24,25);1-7,9,15,17,24H,8,10-13,23H2/t15-,17+,21-;15-,17+,20-/m00/s1. The smallest absolute Gasteiger partial charge is 0.154 e. The molecule has 8 nitrogen and oxygen atoms in total. The molecule has 0 aliphatic carbocycles. The zero-order valence-corrected chi connectivity index (χ0v) is 33.7. The van der Waals surface area contributed by atoms with Gasteiger partial charge in [0.2, 0.25) is 0 Å². The summed E-state index contributed by atoms with van der Waals surface area (Å²) in [4.78, 5) is 4.70. The Morgan fingerprint density at radius 3 is 1.91 bits per heavy atom. The molecule has 3 aliphatic rings. The second-order valence-corrected chi connectivity index (χ2v) is 16.8. The molecule has 0 amide bonds. The first kappa shape index (κ1) is 40.9. The van der Waals surface area contributed by atoms with Gasteiger partial charge in [0.05, 0.1) is 57.4 Å². The number of fused-ring (bicyclic) bond motifs is 1. The van der Waals surface area contributed by atoms with Crippen LogP contribution >= 0.6 is 43.6 Å². The molecular formula is C41H45Br2F2N3O5S. The fourth-order valence-electron chi connectivity index (χ4n) is 7.23. The highest BCUT2D eigenvalue weighted by molar-refractivity contribution is 9.10. The normalized spacial score (nSPS) is 26.6. The highest BCUT2D eigenvalue weighted by atomic mass is 79.9. The van der Waals surface area contributed by atoms with Crippen LogP contribution in [0.3, 0.4) is 0 Å². The predicted molar refractivity (Wildman–Crippen MR) is 215 cm³/mol. The van der Waals surface area contributed by atoms with Gasteiger partial charge in [-0.2, -0.15) is 0 Å². The lowest BCUT2D eigenvalue weighted by Gasteiger charge is -2.46. The van der Waals surface area contributed by atoms with E-state index in [-0.39, 0.29) is 43.1 Å². The van der Waals surface area contributed by atoms with Crippen LogP contribution in [0.1, 0.15) is 35.1 Å². The fraction of sp³-hybridized carbons (Fsp3) is 0.390. The van der Waals surface area contributed by atoms with Gasteiger partial charge in [0.1, 0.15) is 17.2 Å². The van der Waals surface area contributed by atoms with Crippen LogP contribution in [0.5, 0.6) is 0 Å².